The van der Waals surface area contributed by atoms with Gasteiger partial charge in [0.15, 0.2) is 5.69 Å². The number of carbonyl (C=O) groups is 4. The number of methoxy groups -OCH3 is 1. The first-order chi connectivity index (χ1) is 23.9. The molecule has 3 heterocycles. The van der Waals surface area contributed by atoms with E-state index in [-0.39, 0.29) is 23.5 Å². The molecule has 4 aromatic rings. The van der Waals surface area contributed by atoms with Crippen LogP contribution in [-0.2, 0) is 22.4 Å². The Morgan fingerprint density at radius 2 is 1.61 bits per heavy atom. The summed E-state index contributed by atoms with van der Waals surface area (Å²) in [6.45, 7) is 15.4. The lowest BCUT2D eigenvalue weighted by Gasteiger charge is -2.21. The molecular formula is C39H44N4O7S. The minimum atomic E-state index is -0.763. The molecule has 2 aromatic carbocycles. The number of fused-ring (bicyclic) bond motifs is 3. The van der Waals surface area contributed by atoms with E-state index in [1.807, 2.05) is 52.1 Å². The summed E-state index contributed by atoms with van der Waals surface area (Å²) in [5.74, 6) is -1.09. The molecule has 1 aliphatic rings. The third kappa shape index (κ3) is 8.75. The van der Waals surface area contributed by atoms with Gasteiger partial charge in [-0.05, 0) is 113 Å². The summed E-state index contributed by atoms with van der Waals surface area (Å²) in [5.41, 5.74) is 4.62. The number of aromatic nitrogens is 1. The van der Waals surface area contributed by atoms with Gasteiger partial charge in [0, 0.05) is 51.3 Å². The van der Waals surface area contributed by atoms with Crippen molar-refractivity contribution < 1.29 is 33.4 Å². The Morgan fingerprint density at radius 1 is 0.902 bits per heavy atom. The molecule has 0 radical (unpaired) electrons. The number of amides is 3. The molecule has 268 valence electrons. The van der Waals surface area contributed by atoms with Crippen LogP contribution in [0.25, 0.3) is 21.6 Å². The maximum absolute atomic E-state index is 14.4. The summed E-state index contributed by atoms with van der Waals surface area (Å²) in [7, 11) is 1.24. The Labute approximate surface area is 302 Å². The zero-order valence-corrected chi connectivity index (χ0v) is 31.3. The van der Waals surface area contributed by atoms with Crippen molar-refractivity contribution in [3.05, 3.63) is 87.0 Å². The second-order valence-corrected chi connectivity index (χ2v) is 15.4. The second kappa shape index (κ2) is 14.6. The van der Waals surface area contributed by atoms with E-state index in [4.69, 9.17) is 14.2 Å². The number of benzene rings is 2. The number of rotatable bonds is 7. The highest BCUT2D eigenvalue weighted by Gasteiger charge is 2.28. The molecule has 11 nitrogen and oxygen atoms in total. The number of carbonyl (C=O) groups excluding carboxylic acids is 4. The Kier molecular flexibility index (Phi) is 10.6. The minimum Gasteiger partial charge on any atom is -0.493 e. The van der Waals surface area contributed by atoms with Gasteiger partial charge in [-0.2, -0.15) is 0 Å². The highest BCUT2D eigenvalue weighted by Crippen LogP contribution is 2.43. The Morgan fingerprint density at radius 3 is 2.25 bits per heavy atom. The quantitative estimate of drug-likeness (QED) is 0.166. The van der Waals surface area contributed by atoms with Crippen LogP contribution in [0.1, 0.15) is 95.1 Å². The number of alkyl carbamates (subject to hydrolysis) is 1. The van der Waals surface area contributed by atoms with Crippen molar-refractivity contribution in [2.45, 2.75) is 79.5 Å². The molecule has 3 N–H and O–H groups in total. The van der Waals surface area contributed by atoms with Gasteiger partial charge in [-0.3, -0.25) is 9.59 Å². The van der Waals surface area contributed by atoms with Gasteiger partial charge in [0.25, 0.3) is 11.8 Å². The third-order valence-electron chi connectivity index (χ3n) is 7.94. The average molecular weight is 713 g/mol. The van der Waals surface area contributed by atoms with Gasteiger partial charge in [0.1, 0.15) is 17.0 Å². The largest absolute Gasteiger partial charge is 0.493 e. The molecule has 0 bridgehead atoms. The van der Waals surface area contributed by atoms with Crippen molar-refractivity contribution in [1.82, 2.24) is 15.6 Å². The maximum Gasteiger partial charge on any atom is 0.407 e. The number of nitrogens with one attached hydrogen (secondary N) is 3. The van der Waals surface area contributed by atoms with Crippen molar-refractivity contribution in [3.63, 3.8) is 0 Å². The van der Waals surface area contributed by atoms with Crippen LogP contribution in [-0.4, -0.2) is 53.7 Å². The number of nitrogens with zero attached hydrogens (tertiary/aromatic N) is 1. The van der Waals surface area contributed by atoms with Crippen LogP contribution in [0, 0.1) is 13.8 Å². The molecule has 2 aromatic heterocycles. The van der Waals surface area contributed by atoms with Gasteiger partial charge in [-0.25, -0.2) is 14.6 Å². The van der Waals surface area contributed by atoms with Crippen LogP contribution >= 0.6 is 11.3 Å². The topological polar surface area (TPSA) is 145 Å². The Balaban J connectivity index is 1.58. The number of aryl methyl sites for hydroxylation is 2. The van der Waals surface area contributed by atoms with Crippen molar-refractivity contribution in [2.24, 2.45) is 0 Å². The van der Waals surface area contributed by atoms with Crippen LogP contribution in [0.5, 0.6) is 5.75 Å². The molecule has 0 saturated carbocycles. The number of hydrogen-bond acceptors (Lipinski definition) is 9. The molecule has 3 amide bonds. The molecule has 0 aliphatic carbocycles. The molecular weight excluding hydrogens is 669 g/mol. The number of anilines is 1. The molecule has 1 aliphatic heterocycles. The monoisotopic (exact) mass is 712 g/mol. The number of thiophene rings is 1. The molecule has 0 fully saturated rings. The van der Waals surface area contributed by atoms with Crippen molar-refractivity contribution >= 4 is 40.9 Å². The third-order valence-corrected chi connectivity index (χ3v) is 8.93. The average Bonchev–Trinajstić information content (AvgIpc) is 3.44. The van der Waals surface area contributed by atoms with Crippen LogP contribution in [0.3, 0.4) is 0 Å². The zero-order chi connectivity index (χ0) is 37.2. The van der Waals surface area contributed by atoms with Gasteiger partial charge in [-0.15, -0.1) is 11.3 Å². The summed E-state index contributed by atoms with van der Waals surface area (Å²) in [5, 5.41) is 10.7. The summed E-state index contributed by atoms with van der Waals surface area (Å²) in [6.07, 6.45) is 0.178. The predicted molar refractivity (Wildman–Crippen MR) is 198 cm³/mol. The summed E-state index contributed by atoms with van der Waals surface area (Å²) in [6, 6.07) is 12.5. The van der Waals surface area contributed by atoms with Gasteiger partial charge < -0.3 is 30.2 Å². The fourth-order valence-corrected chi connectivity index (χ4v) is 6.79. The standard InChI is InChI=1S/C39H44N4O7S/c1-21-16-23(20-40-37(47)50-39(6,7)8)17-22(2)31(21)42-34(44)27-18-28-30(49-14-12-24-13-15-51-33(24)28)19-26(27)25-10-11-29(35(45)43-38(3,4)5)41-32(25)36(46)48-9/h10-11,13,15-19H,12,14,20H2,1-9H3,(H,40,47)(H,42,44)(H,43,45). The van der Waals surface area contributed by atoms with E-state index in [1.54, 1.807) is 50.3 Å². The Hall–Kier alpha value is -5.23. The fourth-order valence-electron chi connectivity index (χ4n) is 5.81. The second-order valence-electron chi connectivity index (χ2n) is 14.5. The predicted octanol–water partition coefficient (Wildman–Crippen LogP) is 7.62. The first-order valence-corrected chi connectivity index (χ1v) is 17.5. The van der Waals surface area contributed by atoms with Crippen LogP contribution in [0.4, 0.5) is 10.5 Å². The molecule has 0 atom stereocenters. The smallest absolute Gasteiger partial charge is 0.407 e. The van der Waals surface area contributed by atoms with E-state index in [0.717, 1.165) is 32.7 Å². The van der Waals surface area contributed by atoms with E-state index < -0.39 is 35.0 Å². The van der Waals surface area contributed by atoms with Crippen LogP contribution in [0.15, 0.2) is 47.8 Å². The van der Waals surface area contributed by atoms with E-state index in [2.05, 4.69) is 27.0 Å². The lowest BCUT2D eigenvalue weighted by atomic mass is 9.93. The molecule has 12 heteroatoms. The highest BCUT2D eigenvalue weighted by molar-refractivity contribution is 7.13. The molecule has 0 saturated heterocycles. The SMILES string of the molecule is COC(=O)c1nc(C(=O)NC(C)(C)C)ccc1-c1cc2c(cc1C(=O)Nc1c(C)cc(CNC(=O)OC(C)(C)C)cc1C)-c1sccc1CCO2. The van der Waals surface area contributed by atoms with E-state index in [0.29, 0.717) is 35.6 Å². The molecule has 0 unspecified atom stereocenters. The highest BCUT2D eigenvalue weighted by atomic mass is 32.1. The van der Waals surface area contributed by atoms with Gasteiger partial charge in [0.05, 0.1) is 13.7 Å². The van der Waals surface area contributed by atoms with Gasteiger partial charge in [0.2, 0.25) is 0 Å². The summed E-state index contributed by atoms with van der Waals surface area (Å²) >= 11 is 1.56. The van der Waals surface area contributed by atoms with E-state index in [9.17, 15) is 19.2 Å². The molecule has 0 spiro atoms. The maximum atomic E-state index is 14.4. The van der Waals surface area contributed by atoms with Crippen LogP contribution < -0.4 is 20.7 Å². The first kappa shape index (κ1) is 37.0. The zero-order valence-electron chi connectivity index (χ0n) is 30.5. The molecule has 51 heavy (non-hydrogen) atoms. The fraction of sp³-hybridized carbons (Fsp3) is 0.359. The number of ether oxygens (including phenoxy) is 3. The molecule has 5 rings (SSSR count). The summed E-state index contributed by atoms with van der Waals surface area (Å²) < 4.78 is 16.7. The van der Waals surface area contributed by atoms with Gasteiger partial charge >= 0.3 is 12.1 Å². The lowest BCUT2D eigenvalue weighted by molar-refractivity contribution is 0.0521. The lowest BCUT2D eigenvalue weighted by Crippen LogP contribution is -2.41. The van der Waals surface area contributed by atoms with E-state index in [1.165, 1.54) is 13.2 Å². The Bertz CT molecular complexity index is 2000. The van der Waals surface area contributed by atoms with Gasteiger partial charge in [-0.1, -0.05) is 12.1 Å². The number of esters is 1. The normalized spacial score (nSPS) is 12.4. The van der Waals surface area contributed by atoms with Crippen LogP contribution in [0.2, 0.25) is 0 Å². The number of hydrogen-bond donors (Lipinski definition) is 3. The van der Waals surface area contributed by atoms with Crippen molar-refractivity contribution in [1.29, 1.82) is 0 Å². The number of pyridine rings is 1. The summed E-state index contributed by atoms with van der Waals surface area (Å²) in [4.78, 5) is 58.4. The van der Waals surface area contributed by atoms with Crippen molar-refractivity contribution in [3.8, 4) is 27.3 Å². The van der Waals surface area contributed by atoms with Crippen molar-refractivity contribution in [2.75, 3.05) is 19.0 Å². The minimum absolute atomic E-state index is 0.0295. The van der Waals surface area contributed by atoms with E-state index >= 15 is 0 Å². The first-order valence-electron chi connectivity index (χ1n) is 16.6.